The second kappa shape index (κ2) is 7.51. The minimum atomic E-state index is -0.111. The summed E-state index contributed by atoms with van der Waals surface area (Å²) in [5, 5.41) is 5.70. The van der Waals surface area contributed by atoms with Gasteiger partial charge in [0, 0.05) is 18.3 Å². The fraction of sp³-hybridized carbons (Fsp3) is 0.412. The van der Waals surface area contributed by atoms with Gasteiger partial charge < -0.3 is 11.1 Å². The first kappa shape index (κ1) is 16.6. The Labute approximate surface area is 135 Å². The van der Waals surface area contributed by atoms with Gasteiger partial charge in [-0.1, -0.05) is 44.2 Å². The van der Waals surface area contributed by atoms with E-state index >= 15 is 0 Å². The second-order valence-corrected chi connectivity index (χ2v) is 7.12. The van der Waals surface area contributed by atoms with Crippen LogP contribution in [0.2, 0.25) is 0 Å². The molecule has 0 aliphatic rings. The summed E-state index contributed by atoms with van der Waals surface area (Å²) in [4.78, 5) is 16.5. The molecule has 5 heteroatoms. The van der Waals surface area contributed by atoms with Crippen molar-refractivity contribution < 1.29 is 4.79 Å². The van der Waals surface area contributed by atoms with Gasteiger partial charge in [0.15, 0.2) is 0 Å². The Morgan fingerprint density at radius 2 is 2.05 bits per heavy atom. The number of nitrogens with zero attached hydrogens (tertiary/aromatic N) is 1. The SMILES string of the molecule is CC(C)(CNC(=O)c1csc(CCN)n1)Cc1ccccc1. The zero-order valence-electron chi connectivity index (χ0n) is 13.1. The van der Waals surface area contributed by atoms with Crippen LogP contribution in [-0.2, 0) is 12.8 Å². The maximum absolute atomic E-state index is 12.2. The molecule has 0 radical (unpaired) electrons. The maximum Gasteiger partial charge on any atom is 0.270 e. The molecule has 2 aromatic rings. The van der Waals surface area contributed by atoms with E-state index in [1.165, 1.54) is 16.9 Å². The van der Waals surface area contributed by atoms with Gasteiger partial charge in [-0.15, -0.1) is 11.3 Å². The topological polar surface area (TPSA) is 68.0 Å². The fourth-order valence-electron chi connectivity index (χ4n) is 2.27. The molecule has 0 saturated carbocycles. The minimum absolute atomic E-state index is 0.00682. The van der Waals surface area contributed by atoms with Crippen LogP contribution in [0.1, 0.15) is 34.9 Å². The van der Waals surface area contributed by atoms with Gasteiger partial charge >= 0.3 is 0 Å². The van der Waals surface area contributed by atoms with Gasteiger partial charge in [-0.05, 0) is 23.9 Å². The predicted molar refractivity (Wildman–Crippen MR) is 91.1 cm³/mol. The van der Waals surface area contributed by atoms with Crippen molar-refractivity contribution in [3.8, 4) is 0 Å². The average Bonchev–Trinajstić information content (AvgIpc) is 2.95. The van der Waals surface area contributed by atoms with Crippen molar-refractivity contribution >= 4 is 17.2 Å². The average molecular weight is 317 g/mol. The molecule has 0 bridgehead atoms. The Bertz CT molecular complexity index is 607. The van der Waals surface area contributed by atoms with Gasteiger partial charge in [0.2, 0.25) is 0 Å². The largest absolute Gasteiger partial charge is 0.350 e. The minimum Gasteiger partial charge on any atom is -0.350 e. The van der Waals surface area contributed by atoms with Crippen molar-refractivity contribution in [2.75, 3.05) is 13.1 Å². The maximum atomic E-state index is 12.2. The molecule has 0 spiro atoms. The van der Waals surface area contributed by atoms with Crippen LogP contribution in [0.3, 0.4) is 0 Å². The predicted octanol–water partition coefficient (Wildman–Crippen LogP) is 2.64. The molecule has 0 atom stereocenters. The van der Waals surface area contributed by atoms with Crippen molar-refractivity contribution in [2.24, 2.45) is 11.1 Å². The van der Waals surface area contributed by atoms with Gasteiger partial charge in [-0.2, -0.15) is 0 Å². The van der Waals surface area contributed by atoms with Gasteiger partial charge in [-0.3, -0.25) is 4.79 Å². The second-order valence-electron chi connectivity index (χ2n) is 6.17. The van der Waals surface area contributed by atoms with Crippen LogP contribution in [0.25, 0.3) is 0 Å². The van der Waals surface area contributed by atoms with Gasteiger partial charge in [0.05, 0.1) is 5.01 Å². The van der Waals surface area contributed by atoms with Crippen LogP contribution in [0.5, 0.6) is 0 Å². The van der Waals surface area contributed by atoms with Crippen LogP contribution in [0.4, 0.5) is 0 Å². The molecular formula is C17H23N3OS. The molecule has 1 heterocycles. The summed E-state index contributed by atoms with van der Waals surface area (Å²) in [7, 11) is 0. The summed E-state index contributed by atoms with van der Waals surface area (Å²) < 4.78 is 0. The molecule has 0 aliphatic heterocycles. The van der Waals surface area contributed by atoms with Crippen LogP contribution >= 0.6 is 11.3 Å². The number of thiazole rings is 1. The fourth-order valence-corrected chi connectivity index (χ4v) is 3.07. The number of aromatic nitrogens is 1. The zero-order chi connectivity index (χ0) is 16.0. The molecule has 2 rings (SSSR count). The first-order valence-corrected chi connectivity index (χ1v) is 8.35. The lowest BCUT2D eigenvalue weighted by atomic mass is 9.85. The molecule has 0 fully saturated rings. The van der Waals surface area contributed by atoms with Crippen molar-refractivity contribution in [3.63, 3.8) is 0 Å². The van der Waals surface area contributed by atoms with Crippen LogP contribution in [0.15, 0.2) is 35.7 Å². The Kier molecular flexibility index (Phi) is 5.69. The molecule has 3 N–H and O–H groups in total. The lowest BCUT2D eigenvalue weighted by molar-refractivity contribution is 0.0932. The Morgan fingerprint density at radius 3 is 2.73 bits per heavy atom. The monoisotopic (exact) mass is 317 g/mol. The number of amides is 1. The number of rotatable bonds is 7. The van der Waals surface area contributed by atoms with E-state index in [2.05, 4.69) is 36.3 Å². The van der Waals surface area contributed by atoms with E-state index in [-0.39, 0.29) is 11.3 Å². The Morgan fingerprint density at radius 1 is 1.32 bits per heavy atom. The Hall–Kier alpha value is -1.72. The van der Waals surface area contributed by atoms with Gasteiger partial charge in [0.25, 0.3) is 5.91 Å². The smallest absolute Gasteiger partial charge is 0.270 e. The first-order valence-electron chi connectivity index (χ1n) is 7.47. The number of carbonyl (C=O) groups excluding carboxylic acids is 1. The first-order chi connectivity index (χ1) is 10.5. The van der Waals surface area contributed by atoms with Crippen LogP contribution < -0.4 is 11.1 Å². The van der Waals surface area contributed by atoms with Crippen molar-refractivity contribution in [2.45, 2.75) is 26.7 Å². The molecule has 118 valence electrons. The van der Waals surface area contributed by atoms with E-state index < -0.39 is 0 Å². The molecule has 1 aromatic heterocycles. The normalized spacial score (nSPS) is 11.4. The van der Waals surface area contributed by atoms with Crippen LogP contribution in [-0.4, -0.2) is 24.0 Å². The third-order valence-electron chi connectivity index (χ3n) is 3.40. The zero-order valence-corrected chi connectivity index (χ0v) is 14.0. The highest BCUT2D eigenvalue weighted by molar-refractivity contribution is 7.09. The highest BCUT2D eigenvalue weighted by Gasteiger charge is 2.20. The molecule has 0 aliphatic carbocycles. The van der Waals surface area contributed by atoms with E-state index in [1.807, 2.05) is 18.2 Å². The molecule has 1 aromatic carbocycles. The van der Waals surface area contributed by atoms with Crippen molar-refractivity contribution in [1.29, 1.82) is 0 Å². The number of carbonyl (C=O) groups is 1. The molecular weight excluding hydrogens is 294 g/mol. The summed E-state index contributed by atoms with van der Waals surface area (Å²) in [6, 6.07) is 10.3. The number of nitrogens with one attached hydrogen (secondary N) is 1. The number of hydrogen-bond donors (Lipinski definition) is 2. The van der Waals surface area contributed by atoms with Gasteiger partial charge in [-0.25, -0.2) is 4.98 Å². The molecule has 0 saturated heterocycles. The van der Waals surface area contributed by atoms with E-state index in [0.717, 1.165) is 17.8 Å². The van der Waals surface area contributed by atoms with E-state index in [1.54, 1.807) is 5.38 Å². The summed E-state index contributed by atoms with van der Waals surface area (Å²) in [5.74, 6) is -0.111. The van der Waals surface area contributed by atoms with Crippen molar-refractivity contribution in [1.82, 2.24) is 10.3 Å². The highest BCUT2D eigenvalue weighted by atomic mass is 32.1. The Balaban J connectivity index is 1.88. The molecule has 0 unspecified atom stereocenters. The lowest BCUT2D eigenvalue weighted by Crippen LogP contribution is -2.35. The summed E-state index contributed by atoms with van der Waals surface area (Å²) in [6.45, 7) is 5.48. The van der Waals surface area contributed by atoms with E-state index in [4.69, 9.17) is 5.73 Å². The van der Waals surface area contributed by atoms with Crippen LogP contribution in [0, 0.1) is 5.41 Å². The van der Waals surface area contributed by atoms with Crippen molar-refractivity contribution in [3.05, 3.63) is 52.0 Å². The highest BCUT2D eigenvalue weighted by Crippen LogP contribution is 2.21. The lowest BCUT2D eigenvalue weighted by Gasteiger charge is -2.25. The standard InChI is InChI=1S/C17H23N3OS/c1-17(2,10-13-6-4-3-5-7-13)12-19-16(21)14-11-22-15(20-14)8-9-18/h3-7,11H,8-10,12,18H2,1-2H3,(H,19,21). The number of nitrogens with two attached hydrogens (primary N) is 1. The van der Waals surface area contributed by atoms with E-state index in [0.29, 0.717) is 18.8 Å². The number of hydrogen-bond acceptors (Lipinski definition) is 4. The quantitative estimate of drug-likeness (QED) is 0.825. The van der Waals surface area contributed by atoms with Gasteiger partial charge in [0.1, 0.15) is 5.69 Å². The molecule has 22 heavy (non-hydrogen) atoms. The molecule has 4 nitrogen and oxygen atoms in total. The molecule has 1 amide bonds. The van der Waals surface area contributed by atoms with E-state index in [9.17, 15) is 4.79 Å². The summed E-state index contributed by atoms with van der Waals surface area (Å²) in [6.07, 6.45) is 1.64. The summed E-state index contributed by atoms with van der Waals surface area (Å²) in [5.41, 5.74) is 7.26. The summed E-state index contributed by atoms with van der Waals surface area (Å²) >= 11 is 1.49. The third kappa shape index (κ3) is 4.93. The number of benzene rings is 1. The third-order valence-corrected chi connectivity index (χ3v) is 4.30.